The number of hydrogen-bond donors (Lipinski definition) is 0. The second-order valence-electron chi connectivity index (χ2n) is 5.26. The molecule has 1 unspecified atom stereocenters. The lowest BCUT2D eigenvalue weighted by atomic mass is 9.76. The second kappa shape index (κ2) is 7.38. The summed E-state index contributed by atoms with van der Waals surface area (Å²) < 4.78 is 0. The molecule has 2 rings (SSSR count). The third-order valence-corrected chi connectivity index (χ3v) is 3.86. The number of allylic oxidation sites excluding steroid dienone is 1. The summed E-state index contributed by atoms with van der Waals surface area (Å²) >= 11 is 0. The van der Waals surface area contributed by atoms with Gasteiger partial charge in [0.1, 0.15) is 5.41 Å². The van der Waals surface area contributed by atoms with Gasteiger partial charge in [0.15, 0.2) is 5.78 Å². The largest absolute Gasteiger partial charge is 0.292 e. The van der Waals surface area contributed by atoms with Crippen LogP contribution in [0.2, 0.25) is 0 Å². The summed E-state index contributed by atoms with van der Waals surface area (Å²) in [6, 6.07) is 21.2. The molecule has 0 saturated heterocycles. The van der Waals surface area contributed by atoms with E-state index in [9.17, 15) is 10.1 Å². The number of nitrogens with zero attached hydrogens (tertiary/aromatic N) is 1. The maximum absolute atomic E-state index is 12.7. The molecule has 110 valence electrons. The molecule has 0 heterocycles. The van der Waals surface area contributed by atoms with Crippen molar-refractivity contribution in [2.24, 2.45) is 5.41 Å². The van der Waals surface area contributed by atoms with Crippen LogP contribution in [0, 0.1) is 16.7 Å². The molecule has 0 saturated carbocycles. The molecule has 2 aromatic carbocycles. The second-order valence-corrected chi connectivity index (χ2v) is 5.26. The first-order valence-corrected chi connectivity index (χ1v) is 7.44. The van der Waals surface area contributed by atoms with Crippen LogP contribution in [0.1, 0.15) is 35.7 Å². The van der Waals surface area contributed by atoms with Crippen molar-refractivity contribution >= 4 is 11.9 Å². The van der Waals surface area contributed by atoms with Crippen molar-refractivity contribution in [1.29, 1.82) is 5.26 Å². The first kappa shape index (κ1) is 15.7. The summed E-state index contributed by atoms with van der Waals surface area (Å²) in [5.74, 6) is -0.101. The highest BCUT2D eigenvalue weighted by Crippen LogP contribution is 2.31. The Bertz CT molecular complexity index is 683. The molecule has 0 aliphatic heterocycles. The van der Waals surface area contributed by atoms with Crippen molar-refractivity contribution in [3.05, 3.63) is 77.9 Å². The van der Waals surface area contributed by atoms with Crippen molar-refractivity contribution < 1.29 is 4.79 Å². The van der Waals surface area contributed by atoms with Gasteiger partial charge in [0.2, 0.25) is 0 Å². The highest BCUT2D eigenvalue weighted by molar-refractivity contribution is 6.02. The van der Waals surface area contributed by atoms with E-state index < -0.39 is 5.41 Å². The molecule has 0 amide bonds. The lowest BCUT2D eigenvalue weighted by Gasteiger charge is -2.22. The van der Waals surface area contributed by atoms with Crippen LogP contribution in [0.15, 0.2) is 66.7 Å². The van der Waals surface area contributed by atoms with Crippen LogP contribution >= 0.6 is 0 Å². The van der Waals surface area contributed by atoms with E-state index in [2.05, 4.69) is 6.07 Å². The minimum absolute atomic E-state index is 0.101. The topological polar surface area (TPSA) is 40.9 Å². The van der Waals surface area contributed by atoms with Gasteiger partial charge < -0.3 is 0 Å². The summed E-state index contributed by atoms with van der Waals surface area (Å²) in [6.07, 6.45) is 4.79. The molecule has 22 heavy (non-hydrogen) atoms. The number of hydrogen-bond acceptors (Lipinski definition) is 2. The van der Waals surface area contributed by atoms with Gasteiger partial charge in [0.05, 0.1) is 6.07 Å². The van der Waals surface area contributed by atoms with E-state index in [4.69, 9.17) is 0 Å². The van der Waals surface area contributed by atoms with Gasteiger partial charge in [-0.25, -0.2) is 0 Å². The van der Waals surface area contributed by atoms with Crippen LogP contribution in [-0.2, 0) is 0 Å². The van der Waals surface area contributed by atoms with Gasteiger partial charge in [-0.3, -0.25) is 4.79 Å². The Morgan fingerprint density at radius 3 is 2.23 bits per heavy atom. The van der Waals surface area contributed by atoms with E-state index in [-0.39, 0.29) is 5.78 Å². The third-order valence-electron chi connectivity index (χ3n) is 3.86. The number of rotatable bonds is 6. The summed E-state index contributed by atoms with van der Waals surface area (Å²) in [5.41, 5.74) is 0.670. The average molecular weight is 289 g/mol. The predicted octanol–water partition coefficient (Wildman–Crippen LogP) is 4.89. The lowest BCUT2D eigenvalue weighted by Crippen LogP contribution is -2.28. The Kier molecular flexibility index (Phi) is 5.27. The van der Waals surface area contributed by atoms with Crippen LogP contribution in [0.5, 0.6) is 0 Å². The lowest BCUT2D eigenvalue weighted by molar-refractivity contribution is 0.0857. The van der Waals surface area contributed by atoms with Crippen LogP contribution < -0.4 is 0 Å². The van der Waals surface area contributed by atoms with Gasteiger partial charge >= 0.3 is 0 Å². The highest BCUT2D eigenvalue weighted by atomic mass is 16.1. The van der Waals surface area contributed by atoms with E-state index in [0.29, 0.717) is 18.4 Å². The number of carbonyl (C=O) groups excluding carboxylic acids is 1. The Hall–Kier alpha value is -2.66. The SMILES string of the molecule is CCC(C#N)(C/C=C/c1ccccc1)C(=O)c1ccccc1. The fourth-order valence-corrected chi connectivity index (χ4v) is 2.40. The first-order chi connectivity index (χ1) is 10.7. The molecule has 0 spiro atoms. The Balaban J connectivity index is 2.20. The molecule has 0 bridgehead atoms. The fourth-order valence-electron chi connectivity index (χ4n) is 2.40. The van der Waals surface area contributed by atoms with Crippen molar-refractivity contribution in [3.63, 3.8) is 0 Å². The van der Waals surface area contributed by atoms with E-state index >= 15 is 0 Å². The maximum atomic E-state index is 12.7. The highest BCUT2D eigenvalue weighted by Gasteiger charge is 2.36. The fraction of sp³-hybridized carbons (Fsp3) is 0.200. The van der Waals surface area contributed by atoms with Gasteiger partial charge in [-0.2, -0.15) is 5.26 Å². The monoisotopic (exact) mass is 289 g/mol. The molecule has 0 radical (unpaired) electrons. The molecular weight excluding hydrogens is 270 g/mol. The Morgan fingerprint density at radius 1 is 1.09 bits per heavy atom. The minimum atomic E-state index is -0.993. The summed E-state index contributed by atoms with van der Waals surface area (Å²) in [5, 5.41) is 9.60. The average Bonchev–Trinajstić information content (AvgIpc) is 2.60. The predicted molar refractivity (Wildman–Crippen MR) is 89.2 cm³/mol. The molecule has 0 aliphatic carbocycles. The number of nitriles is 1. The third kappa shape index (κ3) is 3.51. The molecule has 0 fully saturated rings. The van der Waals surface area contributed by atoms with Gasteiger partial charge in [0, 0.05) is 5.56 Å². The van der Waals surface area contributed by atoms with E-state index in [1.807, 2.05) is 67.6 Å². The first-order valence-electron chi connectivity index (χ1n) is 7.44. The minimum Gasteiger partial charge on any atom is -0.292 e. The van der Waals surface area contributed by atoms with E-state index in [0.717, 1.165) is 5.56 Å². The normalized spacial score (nSPS) is 13.5. The van der Waals surface area contributed by atoms with E-state index in [1.165, 1.54) is 0 Å². The van der Waals surface area contributed by atoms with Crippen molar-refractivity contribution in [2.45, 2.75) is 19.8 Å². The Morgan fingerprint density at radius 2 is 1.68 bits per heavy atom. The maximum Gasteiger partial charge on any atom is 0.183 e. The summed E-state index contributed by atoms with van der Waals surface area (Å²) in [4.78, 5) is 12.7. The number of ketones is 1. The smallest absolute Gasteiger partial charge is 0.183 e. The van der Waals surface area contributed by atoms with Gasteiger partial charge in [-0.1, -0.05) is 79.7 Å². The quantitative estimate of drug-likeness (QED) is 0.710. The molecular formula is C20H19NO. The molecule has 2 heteroatoms. The summed E-state index contributed by atoms with van der Waals surface area (Å²) in [7, 11) is 0. The van der Waals surface area contributed by atoms with E-state index in [1.54, 1.807) is 12.1 Å². The molecule has 1 atom stereocenters. The molecule has 0 aromatic heterocycles. The molecule has 0 N–H and O–H groups in total. The standard InChI is InChI=1S/C20H19NO/c1-2-20(16-21,19(22)18-13-7-4-8-14-18)15-9-12-17-10-5-3-6-11-17/h3-14H,2,15H2,1H3/b12-9+. The number of carbonyl (C=O) groups is 1. The summed E-state index contributed by atoms with van der Waals surface area (Å²) in [6.45, 7) is 1.89. The van der Waals surface area contributed by atoms with Crippen molar-refractivity contribution in [2.75, 3.05) is 0 Å². The zero-order valence-corrected chi connectivity index (χ0v) is 12.7. The number of Topliss-reactive ketones (excluding diaryl/α,β-unsaturated/α-hetero) is 1. The zero-order chi connectivity index (χ0) is 15.8. The number of benzene rings is 2. The van der Waals surface area contributed by atoms with Crippen molar-refractivity contribution in [1.82, 2.24) is 0 Å². The zero-order valence-electron chi connectivity index (χ0n) is 12.7. The van der Waals surface area contributed by atoms with Crippen LogP contribution in [0.4, 0.5) is 0 Å². The van der Waals surface area contributed by atoms with Crippen LogP contribution in [0.3, 0.4) is 0 Å². The van der Waals surface area contributed by atoms with Crippen LogP contribution in [0.25, 0.3) is 6.08 Å². The molecule has 2 aromatic rings. The van der Waals surface area contributed by atoms with Gasteiger partial charge in [0.25, 0.3) is 0 Å². The molecule has 2 nitrogen and oxygen atoms in total. The molecule has 0 aliphatic rings. The van der Waals surface area contributed by atoms with Crippen molar-refractivity contribution in [3.8, 4) is 6.07 Å². The Labute approximate surface area is 131 Å². The van der Waals surface area contributed by atoms with Crippen LogP contribution in [-0.4, -0.2) is 5.78 Å². The van der Waals surface area contributed by atoms with Gasteiger partial charge in [-0.05, 0) is 18.4 Å². The van der Waals surface area contributed by atoms with Gasteiger partial charge in [-0.15, -0.1) is 0 Å².